The van der Waals surface area contributed by atoms with Crippen molar-refractivity contribution in [1.29, 1.82) is 0 Å². The Morgan fingerprint density at radius 1 is 1.32 bits per heavy atom. The summed E-state index contributed by atoms with van der Waals surface area (Å²) in [6, 6.07) is 7.34. The molecule has 1 aromatic heterocycles. The molecular formula is C19H23ClN4O. The van der Waals surface area contributed by atoms with Gasteiger partial charge in [0.15, 0.2) is 0 Å². The number of anilines is 1. The van der Waals surface area contributed by atoms with E-state index in [0.717, 1.165) is 17.8 Å². The Morgan fingerprint density at radius 3 is 3.00 bits per heavy atom. The predicted molar refractivity (Wildman–Crippen MR) is 101 cm³/mol. The Morgan fingerprint density at radius 2 is 2.24 bits per heavy atom. The Bertz CT molecular complexity index is 740. The fourth-order valence-corrected chi connectivity index (χ4v) is 3.17. The zero-order valence-electron chi connectivity index (χ0n) is 14.2. The molecule has 1 aromatic carbocycles. The predicted octanol–water partition coefficient (Wildman–Crippen LogP) is 3.94. The summed E-state index contributed by atoms with van der Waals surface area (Å²) in [5.74, 6) is -0.0252. The van der Waals surface area contributed by atoms with E-state index in [9.17, 15) is 4.79 Å². The van der Waals surface area contributed by atoms with Gasteiger partial charge in [0.2, 0.25) is 5.91 Å². The fourth-order valence-electron chi connectivity index (χ4n) is 2.99. The van der Waals surface area contributed by atoms with E-state index in [1.54, 1.807) is 16.9 Å². The van der Waals surface area contributed by atoms with E-state index in [2.05, 4.69) is 21.8 Å². The van der Waals surface area contributed by atoms with E-state index in [-0.39, 0.29) is 12.5 Å². The summed E-state index contributed by atoms with van der Waals surface area (Å²) in [5.41, 5.74) is 3.10. The van der Waals surface area contributed by atoms with Crippen LogP contribution in [0.2, 0.25) is 5.02 Å². The topological polar surface area (TPSA) is 59.0 Å². The number of allylic oxidation sites excluding steroid dienone is 1. The number of nitrogens with one attached hydrogen (secondary N) is 2. The summed E-state index contributed by atoms with van der Waals surface area (Å²) in [6.45, 7) is 0.890. The standard InChI is InChI=1S/C19H23ClN4O/c20-16-7-8-18(24-12-4-10-23-24)17(13-16)22-14-19(25)21-11-9-15-5-2-1-3-6-15/h4-5,7-8,10,12-13,22H,1-3,6,9,11,14H2,(H,21,25). The van der Waals surface area contributed by atoms with Crippen LogP contribution in [0.3, 0.4) is 0 Å². The lowest BCUT2D eigenvalue weighted by atomic mass is 9.97. The highest BCUT2D eigenvalue weighted by Crippen LogP contribution is 2.24. The van der Waals surface area contributed by atoms with Gasteiger partial charge in [-0.3, -0.25) is 4.79 Å². The normalized spacial score (nSPS) is 14.0. The molecule has 1 amide bonds. The van der Waals surface area contributed by atoms with Crippen molar-refractivity contribution in [2.75, 3.05) is 18.4 Å². The third kappa shape index (κ3) is 5.10. The maximum Gasteiger partial charge on any atom is 0.239 e. The van der Waals surface area contributed by atoms with Crippen LogP contribution in [0.4, 0.5) is 5.69 Å². The molecule has 0 aliphatic heterocycles. The average Bonchev–Trinajstić information content (AvgIpc) is 3.15. The van der Waals surface area contributed by atoms with Gasteiger partial charge >= 0.3 is 0 Å². The molecule has 0 atom stereocenters. The lowest BCUT2D eigenvalue weighted by Crippen LogP contribution is -2.31. The molecule has 25 heavy (non-hydrogen) atoms. The molecular weight excluding hydrogens is 336 g/mol. The summed E-state index contributed by atoms with van der Waals surface area (Å²) < 4.78 is 1.74. The third-order valence-corrected chi connectivity index (χ3v) is 4.54. The number of benzene rings is 1. The van der Waals surface area contributed by atoms with Crippen LogP contribution in [0.5, 0.6) is 0 Å². The van der Waals surface area contributed by atoms with Crippen LogP contribution in [0.1, 0.15) is 32.1 Å². The second-order valence-electron chi connectivity index (χ2n) is 6.17. The fraction of sp³-hybridized carbons (Fsp3) is 0.368. The minimum absolute atomic E-state index is 0.0252. The Balaban J connectivity index is 1.52. The smallest absolute Gasteiger partial charge is 0.239 e. The highest BCUT2D eigenvalue weighted by atomic mass is 35.5. The van der Waals surface area contributed by atoms with Crippen molar-refractivity contribution in [3.8, 4) is 5.69 Å². The first kappa shape index (κ1) is 17.5. The Labute approximate surface area is 153 Å². The van der Waals surface area contributed by atoms with Crippen molar-refractivity contribution >= 4 is 23.2 Å². The number of amides is 1. The minimum atomic E-state index is -0.0252. The second kappa shape index (κ2) is 8.72. The maximum absolute atomic E-state index is 12.1. The number of hydrogen-bond acceptors (Lipinski definition) is 3. The molecule has 2 aromatic rings. The summed E-state index contributed by atoms with van der Waals surface area (Å²) in [7, 11) is 0. The maximum atomic E-state index is 12.1. The largest absolute Gasteiger partial charge is 0.374 e. The lowest BCUT2D eigenvalue weighted by molar-refractivity contribution is -0.119. The van der Waals surface area contributed by atoms with Gasteiger partial charge in [0.25, 0.3) is 0 Å². The molecule has 0 fully saturated rings. The van der Waals surface area contributed by atoms with E-state index in [1.165, 1.54) is 31.3 Å². The van der Waals surface area contributed by atoms with Gasteiger partial charge in [0.05, 0.1) is 17.9 Å². The first-order chi connectivity index (χ1) is 12.2. The number of hydrogen-bond donors (Lipinski definition) is 2. The van der Waals surface area contributed by atoms with Crippen LogP contribution in [0.15, 0.2) is 48.3 Å². The SMILES string of the molecule is O=C(CNc1cc(Cl)ccc1-n1cccn1)NCCC1=CCCCC1. The van der Waals surface area contributed by atoms with Crippen LogP contribution in [-0.2, 0) is 4.79 Å². The molecule has 132 valence electrons. The number of carbonyl (C=O) groups excluding carboxylic acids is 1. The first-order valence-corrected chi connectivity index (χ1v) is 9.08. The molecule has 6 heteroatoms. The van der Waals surface area contributed by atoms with E-state index in [1.807, 2.05) is 24.4 Å². The van der Waals surface area contributed by atoms with Crippen molar-refractivity contribution in [3.05, 3.63) is 53.3 Å². The van der Waals surface area contributed by atoms with Gasteiger partial charge in [0.1, 0.15) is 0 Å². The quantitative estimate of drug-likeness (QED) is 0.737. The molecule has 2 N–H and O–H groups in total. The Hall–Kier alpha value is -2.27. The summed E-state index contributed by atoms with van der Waals surface area (Å²) in [6.07, 6.45) is 11.7. The van der Waals surface area contributed by atoms with Crippen molar-refractivity contribution in [2.24, 2.45) is 0 Å². The molecule has 3 rings (SSSR count). The summed E-state index contributed by atoms with van der Waals surface area (Å²) in [5, 5.41) is 11.0. The molecule has 5 nitrogen and oxygen atoms in total. The molecule has 1 aliphatic rings. The number of carbonyl (C=O) groups is 1. The van der Waals surface area contributed by atoms with Gasteiger partial charge in [-0.2, -0.15) is 5.10 Å². The van der Waals surface area contributed by atoms with E-state index in [0.29, 0.717) is 11.6 Å². The zero-order valence-corrected chi connectivity index (χ0v) is 14.9. The number of nitrogens with zero attached hydrogens (tertiary/aromatic N) is 2. The second-order valence-corrected chi connectivity index (χ2v) is 6.61. The van der Waals surface area contributed by atoms with Gasteiger partial charge in [-0.15, -0.1) is 0 Å². The van der Waals surface area contributed by atoms with Crippen LogP contribution < -0.4 is 10.6 Å². The van der Waals surface area contributed by atoms with Crippen LogP contribution in [0.25, 0.3) is 5.69 Å². The number of rotatable bonds is 7. The molecule has 0 unspecified atom stereocenters. The van der Waals surface area contributed by atoms with Crippen LogP contribution in [-0.4, -0.2) is 28.8 Å². The highest BCUT2D eigenvalue weighted by Gasteiger charge is 2.09. The van der Waals surface area contributed by atoms with Crippen LogP contribution >= 0.6 is 11.6 Å². The summed E-state index contributed by atoms with van der Waals surface area (Å²) in [4.78, 5) is 12.1. The highest BCUT2D eigenvalue weighted by molar-refractivity contribution is 6.31. The molecule has 0 saturated heterocycles. The molecule has 1 heterocycles. The van der Waals surface area contributed by atoms with E-state index < -0.39 is 0 Å². The van der Waals surface area contributed by atoms with Gasteiger partial charge in [-0.25, -0.2) is 4.68 Å². The van der Waals surface area contributed by atoms with Crippen molar-refractivity contribution < 1.29 is 4.79 Å². The molecule has 1 aliphatic carbocycles. The number of halogens is 1. The van der Waals surface area contributed by atoms with Gasteiger partial charge in [0, 0.05) is 24.0 Å². The van der Waals surface area contributed by atoms with Gasteiger partial charge < -0.3 is 10.6 Å². The van der Waals surface area contributed by atoms with Crippen molar-refractivity contribution in [3.63, 3.8) is 0 Å². The van der Waals surface area contributed by atoms with E-state index >= 15 is 0 Å². The van der Waals surface area contributed by atoms with Crippen molar-refractivity contribution in [1.82, 2.24) is 15.1 Å². The monoisotopic (exact) mass is 358 g/mol. The molecule has 0 spiro atoms. The molecule has 0 radical (unpaired) electrons. The van der Waals surface area contributed by atoms with Gasteiger partial charge in [-0.1, -0.05) is 23.3 Å². The molecule has 0 bridgehead atoms. The molecule has 0 saturated carbocycles. The van der Waals surface area contributed by atoms with E-state index in [4.69, 9.17) is 11.6 Å². The third-order valence-electron chi connectivity index (χ3n) is 4.30. The first-order valence-electron chi connectivity index (χ1n) is 8.70. The van der Waals surface area contributed by atoms with Crippen LogP contribution in [0, 0.1) is 0 Å². The van der Waals surface area contributed by atoms with Gasteiger partial charge in [-0.05, 0) is 56.4 Å². The average molecular weight is 359 g/mol. The minimum Gasteiger partial charge on any atom is -0.374 e. The summed E-state index contributed by atoms with van der Waals surface area (Å²) >= 11 is 6.09. The lowest BCUT2D eigenvalue weighted by Gasteiger charge is -2.14. The Kier molecular flexibility index (Phi) is 6.12. The zero-order chi connectivity index (χ0) is 17.5. The van der Waals surface area contributed by atoms with Crippen molar-refractivity contribution in [2.45, 2.75) is 32.1 Å². The number of aromatic nitrogens is 2.